The Hall–Kier alpha value is -0.610. The third kappa shape index (κ3) is 3.96. The van der Waals surface area contributed by atoms with E-state index in [1.165, 1.54) is 0 Å². The summed E-state index contributed by atoms with van der Waals surface area (Å²) in [6, 6.07) is 0. The first-order valence-corrected chi connectivity index (χ1v) is 6.77. The van der Waals surface area contributed by atoms with E-state index in [1.807, 2.05) is 13.8 Å². The first-order chi connectivity index (χ1) is 8.01. The predicted molar refractivity (Wildman–Crippen MR) is 68.5 cm³/mol. The highest BCUT2D eigenvalue weighted by Crippen LogP contribution is 2.23. The van der Waals surface area contributed by atoms with Crippen LogP contribution in [0.3, 0.4) is 0 Å². The number of rotatable bonds is 5. The number of aliphatic hydroxyl groups excluding tert-OH is 1. The molecule has 0 heterocycles. The van der Waals surface area contributed by atoms with Gasteiger partial charge in [0.2, 0.25) is 5.91 Å². The normalized spacial score (nSPS) is 25.6. The van der Waals surface area contributed by atoms with Crippen LogP contribution in [0, 0.1) is 5.92 Å². The van der Waals surface area contributed by atoms with Gasteiger partial charge in [-0.2, -0.15) is 0 Å². The van der Waals surface area contributed by atoms with Crippen LogP contribution in [0.2, 0.25) is 0 Å². The van der Waals surface area contributed by atoms with E-state index in [1.54, 1.807) is 0 Å². The highest BCUT2D eigenvalue weighted by atomic mass is 16.3. The van der Waals surface area contributed by atoms with Crippen molar-refractivity contribution in [3.05, 3.63) is 0 Å². The largest absolute Gasteiger partial charge is 0.393 e. The van der Waals surface area contributed by atoms with Crippen molar-refractivity contribution < 1.29 is 9.90 Å². The van der Waals surface area contributed by atoms with Gasteiger partial charge in [-0.15, -0.1) is 0 Å². The number of hydrogen-bond donors (Lipinski definition) is 3. The highest BCUT2D eigenvalue weighted by Gasteiger charge is 2.30. The number of carbonyl (C=O) groups is 1. The zero-order valence-corrected chi connectivity index (χ0v) is 11.0. The van der Waals surface area contributed by atoms with Gasteiger partial charge in [-0.1, -0.05) is 20.3 Å². The van der Waals surface area contributed by atoms with Crippen molar-refractivity contribution in [1.29, 1.82) is 0 Å². The quantitative estimate of drug-likeness (QED) is 0.677. The molecule has 2 unspecified atom stereocenters. The van der Waals surface area contributed by atoms with Crippen molar-refractivity contribution in [3.8, 4) is 0 Å². The van der Waals surface area contributed by atoms with E-state index >= 15 is 0 Å². The van der Waals surface area contributed by atoms with Gasteiger partial charge in [-0.3, -0.25) is 4.79 Å². The van der Waals surface area contributed by atoms with Crippen LogP contribution in [0.5, 0.6) is 0 Å². The topological polar surface area (TPSA) is 75.4 Å². The molecular formula is C13H26N2O2. The summed E-state index contributed by atoms with van der Waals surface area (Å²) in [5.74, 6) is 0.350. The lowest BCUT2D eigenvalue weighted by molar-refractivity contribution is -0.126. The monoisotopic (exact) mass is 242 g/mol. The van der Waals surface area contributed by atoms with Crippen LogP contribution in [-0.2, 0) is 4.79 Å². The van der Waals surface area contributed by atoms with Gasteiger partial charge >= 0.3 is 0 Å². The molecule has 4 nitrogen and oxygen atoms in total. The minimum absolute atomic E-state index is 0.0532. The maximum absolute atomic E-state index is 12.0. The SMILES string of the molecule is CCC(N)(CC)C(=O)NCC1CCCC(O)C1. The maximum Gasteiger partial charge on any atom is 0.240 e. The van der Waals surface area contributed by atoms with E-state index in [2.05, 4.69) is 5.32 Å². The molecule has 0 radical (unpaired) electrons. The lowest BCUT2D eigenvalue weighted by Crippen LogP contribution is -2.54. The molecule has 0 spiro atoms. The zero-order valence-electron chi connectivity index (χ0n) is 11.0. The number of nitrogens with two attached hydrogens (primary N) is 1. The number of nitrogens with one attached hydrogen (secondary N) is 1. The summed E-state index contributed by atoms with van der Waals surface area (Å²) in [5, 5.41) is 12.5. The molecule has 1 amide bonds. The van der Waals surface area contributed by atoms with Gasteiger partial charge in [0.25, 0.3) is 0 Å². The Balaban J connectivity index is 2.37. The second-order valence-electron chi connectivity index (χ2n) is 5.26. The molecule has 0 bridgehead atoms. The standard InChI is InChI=1S/C13H26N2O2/c1-3-13(14,4-2)12(17)15-9-10-6-5-7-11(16)8-10/h10-11,16H,3-9,14H2,1-2H3,(H,15,17). The lowest BCUT2D eigenvalue weighted by Gasteiger charge is -2.29. The van der Waals surface area contributed by atoms with E-state index in [4.69, 9.17) is 5.73 Å². The molecule has 1 aliphatic carbocycles. The molecule has 0 saturated heterocycles. The minimum atomic E-state index is -0.729. The van der Waals surface area contributed by atoms with Gasteiger partial charge in [0.05, 0.1) is 11.6 Å². The van der Waals surface area contributed by atoms with E-state index in [9.17, 15) is 9.90 Å². The Kier molecular flexibility index (Phi) is 5.40. The van der Waals surface area contributed by atoms with Gasteiger partial charge in [-0.05, 0) is 38.0 Å². The fourth-order valence-corrected chi connectivity index (χ4v) is 2.43. The number of hydrogen-bond acceptors (Lipinski definition) is 3. The third-order valence-corrected chi connectivity index (χ3v) is 4.02. The molecule has 17 heavy (non-hydrogen) atoms. The van der Waals surface area contributed by atoms with Crippen LogP contribution in [0.4, 0.5) is 0 Å². The summed E-state index contributed by atoms with van der Waals surface area (Å²) >= 11 is 0. The molecule has 4 heteroatoms. The van der Waals surface area contributed by atoms with Crippen molar-refractivity contribution in [2.75, 3.05) is 6.54 Å². The smallest absolute Gasteiger partial charge is 0.240 e. The summed E-state index contributed by atoms with van der Waals surface area (Å²) in [7, 11) is 0. The molecule has 100 valence electrons. The molecule has 1 rings (SSSR count). The molecular weight excluding hydrogens is 216 g/mol. The van der Waals surface area contributed by atoms with E-state index in [0.29, 0.717) is 25.3 Å². The van der Waals surface area contributed by atoms with E-state index in [0.717, 1.165) is 25.7 Å². The average Bonchev–Trinajstić information content (AvgIpc) is 2.35. The van der Waals surface area contributed by atoms with Gasteiger partial charge in [-0.25, -0.2) is 0 Å². The molecule has 4 N–H and O–H groups in total. The Morgan fingerprint density at radius 3 is 2.59 bits per heavy atom. The van der Waals surface area contributed by atoms with E-state index < -0.39 is 5.54 Å². The van der Waals surface area contributed by atoms with Crippen molar-refractivity contribution in [2.24, 2.45) is 11.7 Å². The summed E-state index contributed by atoms with van der Waals surface area (Å²) < 4.78 is 0. The Bertz CT molecular complexity index is 252. The molecule has 1 aliphatic rings. The van der Waals surface area contributed by atoms with Crippen molar-refractivity contribution in [2.45, 2.75) is 64.0 Å². The summed E-state index contributed by atoms with van der Waals surface area (Å²) in [4.78, 5) is 12.0. The van der Waals surface area contributed by atoms with E-state index in [-0.39, 0.29) is 12.0 Å². The molecule has 0 aromatic heterocycles. The van der Waals surface area contributed by atoms with Crippen molar-refractivity contribution in [3.63, 3.8) is 0 Å². The van der Waals surface area contributed by atoms with Crippen LogP contribution in [0.25, 0.3) is 0 Å². The van der Waals surface area contributed by atoms with Crippen LogP contribution < -0.4 is 11.1 Å². The average molecular weight is 242 g/mol. The van der Waals surface area contributed by atoms with Crippen LogP contribution >= 0.6 is 0 Å². The lowest BCUT2D eigenvalue weighted by atomic mass is 9.86. The maximum atomic E-state index is 12.0. The van der Waals surface area contributed by atoms with Crippen molar-refractivity contribution in [1.82, 2.24) is 5.32 Å². The van der Waals surface area contributed by atoms with Crippen LogP contribution in [-0.4, -0.2) is 29.2 Å². The molecule has 0 aromatic carbocycles. The second kappa shape index (κ2) is 6.36. The van der Waals surface area contributed by atoms with Gasteiger partial charge in [0, 0.05) is 6.54 Å². The summed E-state index contributed by atoms with van der Waals surface area (Å²) in [5.41, 5.74) is 5.29. The van der Waals surface area contributed by atoms with Crippen LogP contribution in [0.15, 0.2) is 0 Å². The first-order valence-electron chi connectivity index (χ1n) is 6.77. The Labute approximate surface area is 104 Å². The van der Waals surface area contributed by atoms with Gasteiger partial charge in [0.1, 0.15) is 0 Å². The van der Waals surface area contributed by atoms with Gasteiger partial charge < -0.3 is 16.2 Å². The number of carbonyl (C=O) groups excluding carboxylic acids is 1. The molecule has 0 aliphatic heterocycles. The third-order valence-electron chi connectivity index (χ3n) is 4.02. The van der Waals surface area contributed by atoms with Crippen molar-refractivity contribution >= 4 is 5.91 Å². The summed E-state index contributed by atoms with van der Waals surface area (Å²) in [6.45, 7) is 4.52. The summed E-state index contributed by atoms with van der Waals surface area (Å²) in [6.07, 6.45) is 4.96. The van der Waals surface area contributed by atoms with Crippen LogP contribution in [0.1, 0.15) is 52.4 Å². The minimum Gasteiger partial charge on any atom is -0.393 e. The molecule has 1 saturated carbocycles. The highest BCUT2D eigenvalue weighted by molar-refractivity contribution is 5.85. The predicted octanol–water partition coefficient (Wildman–Crippen LogP) is 1.17. The molecule has 1 fully saturated rings. The molecule has 0 aromatic rings. The number of aliphatic hydroxyl groups is 1. The van der Waals surface area contributed by atoms with Gasteiger partial charge in [0.15, 0.2) is 0 Å². The first kappa shape index (κ1) is 14.5. The Morgan fingerprint density at radius 1 is 1.41 bits per heavy atom. The number of amides is 1. The fraction of sp³-hybridized carbons (Fsp3) is 0.923. The Morgan fingerprint density at radius 2 is 2.06 bits per heavy atom. The molecule has 2 atom stereocenters. The zero-order chi connectivity index (χ0) is 12.9. The fourth-order valence-electron chi connectivity index (χ4n) is 2.43. The second-order valence-corrected chi connectivity index (χ2v) is 5.26.